The summed E-state index contributed by atoms with van der Waals surface area (Å²) in [5, 5.41) is 3.36. The number of ether oxygens (including phenoxy) is 1. The second-order valence-electron chi connectivity index (χ2n) is 5.26. The number of rotatable bonds is 6. The summed E-state index contributed by atoms with van der Waals surface area (Å²) >= 11 is 0. The van der Waals surface area contributed by atoms with Crippen molar-refractivity contribution in [2.24, 2.45) is 5.92 Å². The van der Waals surface area contributed by atoms with E-state index < -0.39 is 0 Å². The Morgan fingerprint density at radius 3 is 3.11 bits per heavy atom. The van der Waals surface area contributed by atoms with E-state index in [4.69, 9.17) is 4.74 Å². The molecule has 0 bridgehead atoms. The molecular weight excluding hydrogens is 224 g/mol. The lowest BCUT2D eigenvalue weighted by Gasteiger charge is -2.26. The molecule has 0 radical (unpaired) electrons. The molecule has 1 aromatic heterocycles. The molecule has 18 heavy (non-hydrogen) atoms. The van der Waals surface area contributed by atoms with E-state index in [-0.39, 0.29) is 0 Å². The van der Waals surface area contributed by atoms with Crippen LogP contribution < -0.4 is 5.32 Å². The van der Waals surface area contributed by atoms with Gasteiger partial charge in [-0.1, -0.05) is 25.8 Å². The number of hydrogen-bond donors (Lipinski definition) is 1. The van der Waals surface area contributed by atoms with Gasteiger partial charge in [-0.3, -0.25) is 4.98 Å². The highest BCUT2D eigenvalue weighted by molar-refractivity contribution is 5.02. The van der Waals surface area contributed by atoms with Crippen molar-refractivity contribution in [2.45, 2.75) is 45.3 Å². The molecule has 2 atom stereocenters. The summed E-state index contributed by atoms with van der Waals surface area (Å²) in [5.74, 6) is 0.838. The zero-order valence-electron chi connectivity index (χ0n) is 11.3. The summed E-state index contributed by atoms with van der Waals surface area (Å²) in [6.07, 6.45) is 7.50. The fraction of sp³-hybridized carbons (Fsp3) is 0.667. The van der Waals surface area contributed by atoms with Crippen molar-refractivity contribution in [3.8, 4) is 0 Å². The van der Waals surface area contributed by atoms with Crippen molar-refractivity contribution in [2.75, 3.05) is 13.2 Å². The zero-order chi connectivity index (χ0) is 12.6. The van der Waals surface area contributed by atoms with Crippen molar-refractivity contribution in [3.05, 3.63) is 30.1 Å². The van der Waals surface area contributed by atoms with E-state index in [1.165, 1.54) is 25.7 Å². The van der Waals surface area contributed by atoms with Crippen LogP contribution in [0.15, 0.2) is 24.4 Å². The van der Waals surface area contributed by atoms with Gasteiger partial charge in [0.1, 0.15) is 0 Å². The Kier molecular flexibility index (Phi) is 5.62. The molecular formula is C15H24N2O. The van der Waals surface area contributed by atoms with E-state index in [1.807, 2.05) is 24.4 Å². The largest absolute Gasteiger partial charge is 0.377 e. The van der Waals surface area contributed by atoms with E-state index in [1.54, 1.807) is 0 Å². The lowest BCUT2D eigenvalue weighted by Crippen LogP contribution is -2.26. The van der Waals surface area contributed by atoms with Gasteiger partial charge in [0, 0.05) is 19.3 Å². The Labute approximate surface area is 110 Å². The van der Waals surface area contributed by atoms with E-state index in [0.29, 0.717) is 6.10 Å². The highest BCUT2D eigenvalue weighted by atomic mass is 16.5. The molecule has 2 unspecified atom stereocenters. The second kappa shape index (κ2) is 7.49. The van der Waals surface area contributed by atoms with Crippen molar-refractivity contribution < 1.29 is 4.74 Å². The van der Waals surface area contributed by atoms with Crippen LogP contribution in [0.25, 0.3) is 0 Å². The first-order chi connectivity index (χ1) is 8.84. The van der Waals surface area contributed by atoms with Crippen LogP contribution in [0.1, 0.15) is 38.3 Å². The zero-order valence-corrected chi connectivity index (χ0v) is 11.3. The highest BCUT2D eigenvalue weighted by Gasteiger charge is 2.18. The first kappa shape index (κ1) is 13.5. The molecule has 1 fully saturated rings. The molecule has 1 aliphatic carbocycles. The smallest absolute Gasteiger partial charge is 0.0594 e. The molecule has 0 aliphatic heterocycles. The van der Waals surface area contributed by atoms with Gasteiger partial charge in [-0.2, -0.15) is 0 Å². The maximum Gasteiger partial charge on any atom is 0.0594 e. The third-order valence-corrected chi connectivity index (χ3v) is 3.55. The van der Waals surface area contributed by atoms with E-state index in [2.05, 4.69) is 17.2 Å². The molecule has 0 spiro atoms. The third-order valence-electron chi connectivity index (χ3n) is 3.55. The van der Waals surface area contributed by atoms with Gasteiger partial charge in [-0.05, 0) is 30.9 Å². The molecule has 3 heteroatoms. The van der Waals surface area contributed by atoms with Crippen LogP contribution in [0.3, 0.4) is 0 Å². The summed E-state index contributed by atoms with van der Waals surface area (Å²) in [6, 6.07) is 6.00. The van der Waals surface area contributed by atoms with E-state index in [9.17, 15) is 0 Å². The summed E-state index contributed by atoms with van der Waals surface area (Å²) < 4.78 is 5.91. The normalized spacial score (nSPS) is 24.1. The minimum Gasteiger partial charge on any atom is -0.377 e. The first-order valence-corrected chi connectivity index (χ1v) is 7.07. The number of nitrogens with one attached hydrogen (secondary N) is 1. The Bertz CT molecular complexity index is 329. The molecule has 2 rings (SSSR count). The van der Waals surface area contributed by atoms with E-state index in [0.717, 1.165) is 31.3 Å². The highest BCUT2D eigenvalue weighted by Crippen LogP contribution is 2.25. The van der Waals surface area contributed by atoms with Gasteiger partial charge in [-0.25, -0.2) is 0 Å². The molecule has 1 aliphatic rings. The molecule has 3 nitrogen and oxygen atoms in total. The predicted octanol–water partition coefficient (Wildman–Crippen LogP) is 2.77. The van der Waals surface area contributed by atoms with Crippen molar-refractivity contribution >= 4 is 0 Å². The minimum absolute atomic E-state index is 0.491. The van der Waals surface area contributed by atoms with Crippen molar-refractivity contribution in [1.82, 2.24) is 10.3 Å². The number of pyridine rings is 1. The van der Waals surface area contributed by atoms with Gasteiger partial charge in [0.25, 0.3) is 0 Å². The molecule has 1 aromatic rings. The van der Waals surface area contributed by atoms with Crippen LogP contribution in [0.5, 0.6) is 0 Å². The average Bonchev–Trinajstić information content (AvgIpc) is 2.40. The molecule has 0 amide bonds. The van der Waals surface area contributed by atoms with Gasteiger partial charge >= 0.3 is 0 Å². The van der Waals surface area contributed by atoms with Gasteiger partial charge in [0.05, 0.1) is 18.4 Å². The van der Waals surface area contributed by atoms with E-state index >= 15 is 0 Å². The molecule has 1 saturated carbocycles. The summed E-state index contributed by atoms with van der Waals surface area (Å²) in [7, 11) is 0. The van der Waals surface area contributed by atoms with Crippen LogP contribution in [0, 0.1) is 5.92 Å². The third kappa shape index (κ3) is 4.75. The van der Waals surface area contributed by atoms with Crippen LogP contribution in [0.4, 0.5) is 0 Å². The predicted molar refractivity (Wildman–Crippen MR) is 73.3 cm³/mol. The van der Waals surface area contributed by atoms with Crippen LogP contribution >= 0.6 is 0 Å². The van der Waals surface area contributed by atoms with Gasteiger partial charge in [0.2, 0.25) is 0 Å². The van der Waals surface area contributed by atoms with Gasteiger partial charge in [0.15, 0.2) is 0 Å². The fourth-order valence-corrected chi connectivity index (χ4v) is 2.55. The van der Waals surface area contributed by atoms with Crippen LogP contribution in [-0.2, 0) is 11.3 Å². The monoisotopic (exact) mass is 248 g/mol. The Morgan fingerprint density at radius 2 is 2.33 bits per heavy atom. The molecule has 0 aromatic carbocycles. The SMILES string of the molecule is CC1CCCC(OCCNCc2ccccn2)C1. The molecule has 0 saturated heterocycles. The topological polar surface area (TPSA) is 34.1 Å². The standard InChI is InChI=1S/C15H24N2O/c1-13-5-4-7-15(11-13)18-10-9-16-12-14-6-2-3-8-17-14/h2-3,6,8,13,15-16H,4-5,7,9-12H2,1H3. The minimum atomic E-state index is 0.491. The maximum absolute atomic E-state index is 5.91. The molecule has 100 valence electrons. The lowest BCUT2D eigenvalue weighted by molar-refractivity contribution is 0.0173. The Balaban J connectivity index is 1.53. The van der Waals surface area contributed by atoms with Crippen molar-refractivity contribution in [3.63, 3.8) is 0 Å². The van der Waals surface area contributed by atoms with Crippen LogP contribution in [-0.4, -0.2) is 24.2 Å². The van der Waals surface area contributed by atoms with Crippen LogP contribution in [0.2, 0.25) is 0 Å². The van der Waals surface area contributed by atoms with Gasteiger partial charge < -0.3 is 10.1 Å². The van der Waals surface area contributed by atoms with Gasteiger partial charge in [-0.15, -0.1) is 0 Å². The molecule has 1 heterocycles. The maximum atomic E-state index is 5.91. The summed E-state index contributed by atoms with van der Waals surface area (Å²) in [4.78, 5) is 4.27. The number of aromatic nitrogens is 1. The first-order valence-electron chi connectivity index (χ1n) is 7.07. The molecule has 1 N–H and O–H groups in total. The lowest BCUT2D eigenvalue weighted by atomic mass is 9.89. The average molecular weight is 248 g/mol. The Morgan fingerprint density at radius 1 is 1.39 bits per heavy atom. The summed E-state index contributed by atoms with van der Waals surface area (Å²) in [5.41, 5.74) is 1.09. The number of hydrogen-bond acceptors (Lipinski definition) is 3. The van der Waals surface area contributed by atoms with Crippen molar-refractivity contribution in [1.29, 1.82) is 0 Å². The Hall–Kier alpha value is -0.930. The second-order valence-corrected chi connectivity index (χ2v) is 5.26. The quantitative estimate of drug-likeness (QED) is 0.786. The number of nitrogens with zero attached hydrogens (tertiary/aromatic N) is 1. The fourth-order valence-electron chi connectivity index (χ4n) is 2.55. The summed E-state index contributed by atoms with van der Waals surface area (Å²) in [6.45, 7) is 4.87.